The number of hydrogen-bond donors (Lipinski definition) is 3. The average molecular weight is 292 g/mol. The molecule has 0 bridgehead atoms. The number of hydrazine groups is 1. The van der Waals surface area contributed by atoms with E-state index in [1.54, 1.807) is 12.4 Å². The largest absolute Gasteiger partial charge is 0.345 e. The number of anilines is 1. The standard InChI is InChI=1S/C13H14ClN5O/c1-8(9-3-2-4-16-7-9)17-13(20)10-5-11(14)18-12(6-10)19-15/h2-8H,15H2,1H3,(H,17,20)(H,18,19). The molecule has 6 nitrogen and oxygen atoms in total. The van der Waals surface area contributed by atoms with Crippen molar-refractivity contribution in [3.63, 3.8) is 0 Å². The highest BCUT2D eigenvalue weighted by molar-refractivity contribution is 6.29. The van der Waals surface area contributed by atoms with E-state index in [1.807, 2.05) is 19.1 Å². The minimum atomic E-state index is -0.262. The fraction of sp³-hybridized carbons (Fsp3) is 0.154. The molecule has 1 atom stereocenters. The van der Waals surface area contributed by atoms with E-state index >= 15 is 0 Å². The van der Waals surface area contributed by atoms with Crippen LogP contribution in [0.3, 0.4) is 0 Å². The number of carbonyl (C=O) groups excluding carboxylic acids is 1. The van der Waals surface area contributed by atoms with Crippen molar-refractivity contribution in [3.8, 4) is 0 Å². The van der Waals surface area contributed by atoms with Gasteiger partial charge in [0.2, 0.25) is 0 Å². The molecule has 2 aromatic heterocycles. The predicted octanol–water partition coefficient (Wildman–Crippen LogP) is 1.91. The van der Waals surface area contributed by atoms with Gasteiger partial charge in [-0.3, -0.25) is 9.78 Å². The molecule has 0 aliphatic heterocycles. The number of carbonyl (C=O) groups is 1. The zero-order chi connectivity index (χ0) is 14.5. The monoisotopic (exact) mass is 291 g/mol. The number of aromatic nitrogens is 2. The Morgan fingerprint density at radius 2 is 2.25 bits per heavy atom. The fourth-order valence-corrected chi connectivity index (χ4v) is 1.91. The summed E-state index contributed by atoms with van der Waals surface area (Å²) in [6.07, 6.45) is 3.39. The summed E-state index contributed by atoms with van der Waals surface area (Å²) in [5, 5.41) is 3.05. The number of pyridine rings is 2. The summed E-state index contributed by atoms with van der Waals surface area (Å²) < 4.78 is 0. The van der Waals surface area contributed by atoms with Gasteiger partial charge in [-0.2, -0.15) is 0 Å². The lowest BCUT2D eigenvalue weighted by molar-refractivity contribution is 0.0940. The molecule has 0 aromatic carbocycles. The fourth-order valence-electron chi connectivity index (χ4n) is 1.70. The van der Waals surface area contributed by atoms with E-state index < -0.39 is 0 Å². The summed E-state index contributed by atoms with van der Waals surface area (Å²) >= 11 is 5.83. The highest BCUT2D eigenvalue weighted by Crippen LogP contribution is 2.16. The zero-order valence-corrected chi connectivity index (χ0v) is 11.6. The first-order valence-corrected chi connectivity index (χ1v) is 6.33. The van der Waals surface area contributed by atoms with Crippen molar-refractivity contribution in [2.45, 2.75) is 13.0 Å². The molecular weight excluding hydrogens is 278 g/mol. The lowest BCUT2D eigenvalue weighted by Crippen LogP contribution is -2.27. The van der Waals surface area contributed by atoms with Gasteiger partial charge in [-0.15, -0.1) is 0 Å². The molecule has 20 heavy (non-hydrogen) atoms. The van der Waals surface area contributed by atoms with Crippen molar-refractivity contribution in [1.82, 2.24) is 15.3 Å². The second-order valence-corrected chi connectivity index (χ2v) is 4.58. The third-order valence-corrected chi connectivity index (χ3v) is 2.93. The minimum absolute atomic E-state index is 0.169. The number of nitrogen functional groups attached to an aromatic ring is 1. The van der Waals surface area contributed by atoms with Crippen molar-refractivity contribution in [3.05, 3.63) is 52.9 Å². The van der Waals surface area contributed by atoms with Gasteiger partial charge >= 0.3 is 0 Å². The Bertz CT molecular complexity index is 605. The molecular formula is C13H14ClN5O. The maximum atomic E-state index is 12.2. The summed E-state index contributed by atoms with van der Waals surface area (Å²) in [4.78, 5) is 20.1. The maximum absolute atomic E-state index is 12.2. The second kappa shape index (κ2) is 6.31. The number of amides is 1. The highest BCUT2D eigenvalue weighted by atomic mass is 35.5. The first-order valence-electron chi connectivity index (χ1n) is 5.95. The lowest BCUT2D eigenvalue weighted by atomic mass is 10.1. The van der Waals surface area contributed by atoms with Gasteiger partial charge in [0.25, 0.3) is 5.91 Å². The average Bonchev–Trinajstić information content (AvgIpc) is 2.47. The normalized spacial score (nSPS) is 11.8. The van der Waals surface area contributed by atoms with Crippen LogP contribution in [-0.4, -0.2) is 15.9 Å². The van der Waals surface area contributed by atoms with Crippen LogP contribution in [0, 0.1) is 0 Å². The molecule has 1 amide bonds. The Morgan fingerprint density at radius 1 is 1.45 bits per heavy atom. The number of hydrogen-bond acceptors (Lipinski definition) is 5. The molecule has 0 aliphatic carbocycles. The quantitative estimate of drug-likeness (QED) is 0.454. The van der Waals surface area contributed by atoms with Gasteiger partial charge in [0.15, 0.2) is 0 Å². The Balaban J connectivity index is 2.14. The number of rotatable bonds is 4. The Hall–Kier alpha value is -2.18. The Morgan fingerprint density at radius 3 is 2.90 bits per heavy atom. The first kappa shape index (κ1) is 14.2. The Kier molecular flexibility index (Phi) is 4.49. The molecule has 0 aliphatic rings. The van der Waals surface area contributed by atoms with Crippen LogP contribution in [-0.2, 0) is 0 Å². The van der Waals surface area contributed by atoms with Crippen molar-refractivity contribution >= 4 is 23.3 Å². The summed E-state index contributed by atoms with van der Waals surface area (Å²) in [5.41, 5.74) is 3.66. The molecule has 7 heteroatoms. The highest BCUT2D eigenvalue weighted by Gasteiger charge is 2.13. The molecule has 2 rings (SSSR count). The van der Waals surface area contributed by atoms with Crippen molar-refractivity contribution in [2.24, 2.45) is 5.84 Å². The Labute approximate surface area is 121 Å². The van der Waals surface area contributed by atoms with Gasteiger partial charge in [-0.05, 0) is 30.7 Å². The van der Waals surface area contributed by atoms with E-state index in [2.05, 4.69) is 20.7 Å². The third-order valence-electron chi connectivity index (χ3n) is 2.74. The van der Waals surface area contributed by atoms with E-state index in [0.29, 0.717) is 11.4 Å². The summed E-state index contributed by atoms with van der Waals surface area (Å²) in [5.74, 6) is 5.34. The van der Waals surface area contributed by atoms with Crippen molar-refractivity contribution in [2.75, 3.05) is 5.43 Å². The minimum Gasteiger partial charge on any atom is -0.345 e. The smallest absolute Gasteiger partial charge is 0.251 e. The van der Waals surface area contributed by atoms with Crippen LogP contribution in [0.15, 0.2) is 36.7 Å². The molecule has 1 unspecified atom stereocenters. The molecule has 2 heterocycles. The van der Waals surface area contributed by atoms with Crippen LogP contribution in [0.5, 0.6) is 0 Å². The van der Waals surface area contributed by atoms with Gasteiger partial charge in [0.1, 0.15) is 11.0 Å². The molecule has 104 valence electrons. The first-order chi connectivity index (χ1) is 9.60. The van der Waals surface area contributed by atoms with Gasteiger partial charge in [-0.1, -0.05) is 17.7 Å². The SMILES string of the molecule is CC(NC(=O)c1cc(Cl)nc(NN)c1)c1cccnc1. The van der Waals surface area contributed by atoms with Crippen LogP contribution in [0.2, 0.25) is 5.15 Å². The number of nitrogens with zero attached hydrogens (tertiary/aromatic N) is 2. The van der Waals surface area contributed by atoms with Gasteiger partial charge in [0.05, 0.1) is 6.04 Å². The van der Waals surface area contributed by atoms with Gasteiger partial charge in [0, 0.05) is 18.0 Å². The number of halogens is 1. The van der Waals surface area contributed by atoms with Crippen molar-refractivity contribution < 1.29 is 4.79 Å². The lowest BCUT2D eigenvalue weighted by Gasteiger charge is -2.14. The predicted molar refractivity (Wildman–Crippen MR) is 77.2 cm³/mol. The number of nitrogens with one attached hydrogen (secondary N) is 2. The summed E-state index contributed by atoms with van der Waals surface area (Å²) in [6.45, 7) is 1.87. The van der Waals surface area contributed by atoms with E-state index in [1.165, 1.54) is 12.1 Å². The molecule has 0 saturated carbocycles. The van der Waals surface area contributed by atoms with Crippen LogP contribution in [0.25, 0.3) is 0 Å². The summed E-state index contributed by atoms with van der Waals surface area (Å²) in [7, 11) is 0. The zero-order valence-electron chi connectivity index (χ0n) is 10.8. The van der Waals surface area contributed by atoms with E-state index in [-0.39, 0.29) is 17.1 Å². The van der Waals surface area contributed by atoms with Gasteiger partial charge < -0.3 is 10.7 Å². The van der Waals surface area contributed by atoms with Crippen LogP contribution < -0.4 is 16.6 Å². The topological polar surface area (TPSA) is 92.9 Å². The third kappa shape index (κ3) is 3.43. The van der Waals surface area contributed by atoms with E-state index in [9.17, 15) is 4.79 Å². The molecule has 2 aromatic rings. The van der Waals surface area contributed by atoms with E-state index in [4.69, 9.17) is 17.4 Å². The van der Waals surface area contributed by atoms with Crippen LogP contribution in [0.4, 0.5) is 5.82 Å². The molecule has 0 saturated heterocycles. The summed E-state index contributed by atoms with van der Waals surface area (Å²) in [6, 6.07) is 6.55. The molecule has 0 radical (unpaired) electrons. The van der Waals surface area contributed by atoms with Crippen LogP contribution in [0.1, 0.15) is 28.9 Å². The van der Waals surface area contributed by atoms with Gasteiger partial charge in [-0.25, -0.2) is 10.8 Å². The number of nitrogens with two attached hydrogens (primary N) is 1. The van der Waals surface area contributed by atoms with Crippen LogP contribution >= 0.6 is 11.6 Å². The molecule has 0 fully saturated rings. The van der Waals surface area contributed by atoms with E-state index in [0.717, 1.165) is 5.56 Å². The molecule has 4 N–H and O–H groups in total. The maximum Gasteiger partial charge on any atom is 0.251 e. The second-order valence-electron chi connectivity index (χ2n) is 4.19. The molecule has 0 spiro atoms. The van der Waals surface area contributed by atoms with Crippen molar-refractivity contribution in [1.29, 1.82) is 0 Å².